The molecule has 19 heavy (non-hydrogen) atoms. The minimum absolute atomic E-state index is 0.0841. The first-order valence-electron chi connectivity index (χ1n) is 7.11. The maximum Gasteiger partial charge on any atom is 0.317 e. The number of nitrogens with one attached hydrogen (secondary N) is 1. The fourth-order valence-corrected chi connectivity index (χ4v) is 2.41. The summed E-state index contributed by atoms with van der Waals surface area (Å²) in [7, 11) is 0. The molecular weight excluding hydrogens is 238 g/mol. The number of piperidine rings is 1. The van der Waals surface area contributed by atoms with E-state index in [1.54, 1.807) is 0 Å². The predicted octanol–water partition coefficient (Wildman–Crippen LogP) is 2.88. The van der Waals surface area contributed by atoms with Gasteiger partial charge in [-0.3, -0.25) is 0 Å². The second kappa shape index (κ2) is 5.68. The number of carbonyl (C=O) groups is 1. The van der Waals surface area contributed by atoms with Gasteiger partial charge in [0.1, 0.15) is 0 Å². The van der Waals surface area contributed by atoms with Crippen LogP contribution in [-0.4, -0.2) is 35.1 Å². The zero-order valence-electron chi connectivity index (χ0n) is 12.2. The van der Waals surface area contributed by atoms with Crippen molar-refractivity contribution in [3.8, 4) is 0 Å². The molecule has 0 aromatic carbocycles. The number of hydrogen-bond donors (Lipinski definition) is 1. The Hall–Kier alpha value is -1.45. The summed E-state index contributed by atoms with van der Waals surface area (Å²) in [6.07, 6.45) is 6.30. The van der Waals surface area contributed by atoms with Crippen LogP contribution in [0.5, 0.6) is 0 Å². The smallest absolute Gasteiger partial charge is 0.317 e. The van der Waals surface area contributed by atoms with E-state index in [0.29, 0.717) is 6.04 Å². The van der Waals surface area contributed by atoms with Crippen LogP contribution in [-0.2, 0) is 0 Å². The van der Waals surface area contributed by atoms with Crippen LogP contribution in [0.25, 0.3) is 0 Å². The molecule has 0 saturated carbocycles. The summed E-state index contributed by atoms with van der Waals surface area (Å²) in [5, 5.41) is 3.02. The number of hydrogen-bond acceptors (Lipinski definition) is 1. The van der Waals surface area contributed by atoms with Crippen LogP contribution in [0.15, 0.2) is 24.5 Å². The van der Waals surface area contributed by atoms with Crippen LogP contribution in [0.4, 0.5) is 4.79 Å². The SMILES string of the molecule is CC(C)(C)CNC(=O)N1CCC(n2cccc2)CC1. The summed E-state index contributed by atoms with van der Waals surface area (Å²) >= 11 is 0. The molecule has 0 unspecified atom stereocenters. The predicted molar refractivity (Wildman–Crippen MR) is 77.1 cm³/mol. The summed E-state index contributed by atoms with van der Waals surface area (Å²) in [5.74, 6) is 0. The Balaban J connectivity index is 1.78. The third-order valence-corrected chi connectivity index (χ3v) is 3.57. The topological polar surface area (TPSA) is 37.3 Å². The van der Waals surface area contributed by atoms with Crippen molar-refractivity contribution in [3.05, 3.63) is 24.5 Å². The van der Waals surface area contributed by atoms with E-state index in [1.807, 2.05) is 4.90 Å². The monoisotopic (exact) mass is 263 g/mol. The minimum atomic E-state index is 0.0841. The maximum atomic E-state index is 12.0. The number of nitrogens with zero attached hydrogens (tertiary/aromatic N) is 2. The molecule has 1 aliphatic heterocycles. The van der Waals surface area contributed by atoms with Crippen LogP contribution in [0, 0.1) is 5.41 Å². The minimum Gasteiger partial charge on any atom is -0.351 e. The molecule has 106 valence electrons. The zero-order chi connectivity index (χ0) is 13.9. The van der Waals surface area contributed by atoms with Gasteiger partial charge in [0, 0.05) is 38.1 Å². The Morgan fingerprint density at radius 3 is 2.32 bits per heavy atom. The van der Waals surface area contributed by atoms with Gasteiger partial charge in [-0.15, -0.1) is 0 Å². The molecule has 0 aliphatic carbocycles. The number of likely N-dealkylation sites (tertiary alicyclic amines) is 1. The fourth-order valence-electron chi connectivity index (χ4n) is 2.41. The second-order valence-electron chi connectivity index (χ2n) is 6.57. The highest BCUT2D eigenvalue weighted by molar-refractivity contribution is 5.74. The van der Waals surface area contributed by atoms with Crippen molar-refractivity contribution in [2.24, 2.45) is 5.41 Å². The van der Waals surface area contributed by atoms with Gasteiger partial charge in [-0.25, -0.2) is 4.79 Å². The van der Waals surface area contributed by atoms with Gasteiger partial charge in [-0.05, 0) is 30.4 Å². The van der Waals surface area contributed by atoms with E-state index in [4.69, 9.17) is 0 Å². The Labute approximate surface area is 115 Å². The highest BCUT2D eigenvalue weighted by atomic mass is 16.2. The first-order chi connectivity index (χ1) is 8.96. The normalized spacial score (nSPS) is 17.5. The Morgan fingerprint density at radius 1 is 1.21 bits per heavy atom. The lowest BCUT2D eigenvalue weighted by molar-refractivity contribution is 0.168. The molecule has 4 heteroatoms. The molecule has 1 aromatic rings. The molecule has 1 aliphatic rings. The Kier molecular flexibility index (Phi) is 4.17. The Morgan fingerprint density at radius 2 is 1.79 bits per heavy atom. The molecule has 2 amide bonds. The standard InChI is InChI=1S/C15H25N3O/c1-15(2,3)12-16-14(19)18-10-6-13(7-11-18)17-8-4-5-9-17/h4-5,8-9,13H,6-7,10-12H2,1-3H3,(H,16,19). The van der Waals surface area contributed by atoms with Gasteiger partial charge in [0.15, 0.2) is 0 Å². The van der Waals surface area contributed by atoms with Crippen molar-refractivity contribution in [3.63, 3.8) is 0 Å². The molecule has 1 fully saturated rings. The van der Waals surface area contributed by atoms with Crippen molar-refractivity contribution in [2.45, 2.75) is 39.7 Å². The van der Waals surface area contributed by atoms with Crippen molar-refractivity contribution in [2.75, 3.05) is 19.6 Å². The summed E-state index contributed by atoms with van der Waals surface area (Å²) in [6.45, 7) is 8.81. The molecule has 0 spiro atoms. The van der Waals surface area contributed by atoms with Gasteiger partial charge in [0.2, 0.25) is 0 Å². The molecule has 0 atom stereocenters. The van der Waals surface area contributed by atoms with Gasteiger partial charge in [0.05, 0.1) is 0 Å². The number of urea groups is 1. The zero-order valence-corrected chi connectivity index (χ0v) is 12.2. The summed E-state index contributed by atoms with van der Waals surface area (Å²) in [6, 6.07) is 4.74. The van der Waals surface area contributed by atoms with Crippen LogP contribution in [0.2, 0.25) is 0 Å². The van der Waals surface area contributed by atoms with Gasteiger partial charge in [0.25, 0.3) is 0 Å². The van der Waals surface area contributed by atoms with E-state index < -0.39 is 0 Å². The third kappa shape index (κ3) is 4.01. The van der Waals surface area contributed by atoms with Crippen LogP contribution in [0.1, 0.15) is 39.7 Å². The quantitative estimate of drug-likeness (QED) is 0.875. The lowest BCUT2D eigenvalue weighted by Gasteiger charge is -2.33. The second-order valence-corrected chi connectivity index (χ2v) is 6.57. The van der Waals surface area contributed by atoms with Crippen molar-refractivity contribution >= 4 is 6.03 Å². The number of carbonyl (C=O) groups excluding carboxylic acids is 1. The van der Waals surface area contributed by atoms with E-state index >= 15 is 0 Å². The molecule has 4 nitrogen and oxygen atoms in total. The van der Waals surface area contributed by atoms with Crippen molar-refractivity contribution in [1.82, 2.24) is 14.8 Å². The van der Waals surface area contributed by atoms with E-state index in [-0.39, 0.29) is 11.4 Å². The van der Waals surface area contributed by atoms with E-state index in [1.165, 1.54) is 0 Å². The highest BCUT2D eigenvalue weighted by Gasteiger charge is 2.23. The highest BCUT2D eigenvalue weighted by Crippen LogP contribution is 2.22. The molecule has 0 bridgehead atoms. The van der Waals surface area contributed by atoms with Crippen molar-refractivity contribution in [1.29, 1.82) is 0 Å². The van der Waals surface area contributed by atoms with Gasteiger partial charge < -0.3 is 14.8 Å². The molecule has 2 rings (SSSR count). The lowest BCUT2D eigenvalue weighted by atomic mass is 9.97. The van der Waals surface area contributed by atoms with Crippen LogP contribution >= 0.6 is 0 Å². The summed E-state index contributed by atoms with van der Waals surface area (Å²) in [4.78, 5) is 14.0. The number of rotatable bonds is 2. The van der Waals surface area contributed by atoms with Crippen LogP contribution in [0.3, 0.4) is 0 Å². The average molecular weight is 263 g/mol. The van der Waals surface area contributed by atoms with Crippen LogP contribution < -0.4 is 5.32 Å². The molecule has 1 N–H and O–H groups in total. The molecule has 1 saturated heterocycles. The van der Waals surface area contributed by atoms with Crippen molar-refractivity contribution < 1.29 is 4.79 Å². The molecule has 0 radical (unpaired) electrons. The molecule has 2 heterocycles. The van der Waals surface area contributed by atoms with Gasteiger partial charge in [-0.2, -0.15) is 0 Å². The van der Waals surface area contributed by atoms with E-state index in [2.05, 4.69) is 55.2 Å². The first-order valence-corrected chi connectivity index (χ1v) is 7.11. The largest absolute Gasteiger partial charge is 0.351 e. The summed E-state index contributed by atoms with van der Waals surface area (Å²) in [5.41, 5.74) is 0.138. The first kappa shape index (κ1) is 14.0. The Bertz CT molecular complexity index is 398. The average Bonchev–Trinajstić information content (AvgIpc) is 2.89. The summed E-state index contributed by atoms with van der Waals surface area (Å²) < 4.78 is 2.25. The van der Waals surface area contributed by atoms with Gasteiger partial charge in [-0.1, -0.05) is 20.8 Å². The number of amides is 2. The maximum absolute atomic E-state index is 12.0. The number of aromatic nitrogens is 1. The molecular formula is C15H25N3O. The van der Waals surface area contributed by atoms with Gasteiger partial charge >= 0.3 is 6.03 Å². The lowest BCUT2D eigenvalue weighted by Crippen LogP contribution is -2.46. The van der Waals surface area contributed by atoms with E-state index in [9.17, 15) is 4.79 Å². The molecule has 1 aromatic heterocycles. The fraction of sp³-hybridized carbons (Fsp3) is 0.667. The third-order valence-electron chi connectivity index (χ3n) is 3.57. The van der Waals surface area contributed by atoms with E-state index in [0.717, 1.165) is 32.5 Å².